The van der Waals surface area contributed by atoms with E-state index in [0.29, 0.717) is 6.08 Å². The fraction of sp³-hybridized carbons (Fsp3) is 0.600. The quantitative estimate of drug-likeness (QED) is 0.400. The summed E-state index contributed by atoms with van der Waals surface area (Å²) in [4.78, 5) is 0. The van der Waals surface area contributed by atoms with Crippen LogP contribution in [0.4, 0.5) is 26.3 Å². The molecule has 1 aliphatic rings. The molecule has 18 heavy (non-hydrogen) atoms. The second-order valence-corrected chi connectivity index (χ2v) is 5.43. The number of rotatable bonds is 1. The Balaban J connectivity index is 3.27. The summed E-state index contributed by atoms with van der Waals surface area (Å²) in [6.45, 7) is 1.22. The zero-order valence-corrected chi connectivity index (χ0v) is 10.8. The first-order valence-electron chi connectivity index (χ1n) is 4.88. The predicted octanol–water partition coefficient (Wildman–Crippen LogP) is 4.42. The standard InChI is InChI=1S/C10H10F6S2/c1-4-6(8(17)18)2-5(9(11,12)13)3-7(4)10(14,15)16/h2-4,7-8,17-18H,1H3. The minimum absolute atomic E-state index is 0.0844. The van der Waals surface area contributed by atoms with Gasteiger partial charge in [0.15, 0.2) is 0 Å². The van der Waals surface area contributed by atoms with E-state index in [1.54, 1.807) is 0 Å². The van der Waals surface area contributed by atoms with Gasteiger partial charge < -0.3 is 0 Å². The van der Waals surface area contributed by atoms with Gasteiger partial charge in [0, 0.05) is 0 Å². The molecule has 0 aromatic heterocycles. The molecule has 0 bridgehead atoms. The Morgan fingerprint density at radius 1 is 1.11 bits per heavy atom. The predicted molar refractivity (Wildman–Crippen MR) is 62.7 cm³/mol. The second kappa shape index (κ2) is 5.03. The van der Waals surface area contributed by atoms with E-state index >= 15 is 0 Å². The lowest BCUT2D eigenvalue weighted by Gasteiger charge is -2.32. The van der Waals surface area contributed by atoms with Crippen molar-refractivity contribution >= 4 is 25.3 Å². The molecule has 0 saturated heterocycles. The van der Waals surface area contributed by atoms with Gasteiger partial charge in [0.05, 0.1) is 16.1 Å². The van der Waals surface area contributed by atoms with Gasteiger partial charge in [-0.3, -0.25) is 0 Å². The molecule has 1 rings (SSSR count). The highest BCUT2D eigenvalue weighted by Gasteiger charge is 2.47. The van der Waals surface area contributed by atoms with Crippen LogP contribution >= 0.6 is 25.3 Å². The van der Waals surface area contributed by atoms with Gasteiger partial charge in [-0.1, -0.05) is 13.0 Å². The third-order valence-corrected chi connectivity index (χ3v) is 3.35. The summed E-state index contributed by atoms with van der Waals surface area (Å²) in [7, 11) is 0. The number of allylic oxidation sites excluding steroid dienone is 3. The van der Waals surface area contributed by atoms with Crippen molar-refractivity contribution in [2.24, 2.45) is 11.8 Å². The van der Waals surface area contributed by atoms with Crippen molar-refractivity contribution in [3.63, 3.8) is 0 Å². The molecule has 104 valence electrons. The summed E-state index contributed by atoms with van der Waals surface area (Å²) in [6, 6.07) is 0. The maximum absolute atomic E-state index is 12.7. The van der Waals surface area contributed by atoms with Crippen molar-refractivity contribution in [3.8, 4) is 0 Å². The minimum atomic E-state index is -4.81. The highest BCUT2D eigenvalue weighted by molar-refractivity contribution is 7.99. The fourth-order valence-corrected chi connectivity index (χ4v) is 2.39. The van der Waals surface area contributed by atoms with Crippen molar-refractivity contribution in [2.45, 2.75) is 23.9 Å². The molecule has 0 spiro atoms. The van der Waals surface area contributed by atoms with Crippen LogP contribution in [0.3, 0.4) is 0 Å². The lowest BCUT2D eigenvalue weighted by Crippen LogP contribution is -2.33. The molecule has 8 heteroatoms. The van der Waals surface area contributed by atoms with Crippen molar-refractivity contribution in [1.82, 2.24) is 0 Å². The van der Waals surface area contributed by atoms with Gasteiger partial charge >= 0.3 is 12.4 Å². The molecular formula is C10H10F6S2. The van der Waals surface area contributed by atoms with Crippen LogP contribution in [0.5, 0.6) is 0 Å². The summed E-state index contributed by atoms with van der Waals surface area (Å²) >= 11 is 7.61. The Labute approximate surface area is 111 Å². The topological polar surface area (TPSA) is 0 Å². The molecule has 1 aliphatic carbocycles. The summed E-state index contributed by atoms with van der Waals surface area (Å²) in [6.07, 6.45) is -8.63. The average molecular weight is 308 g/mol. The van der Waals surface area contributed by atoms with E-state index in [1.807, 2.05) is 0 Å². The molecule has 0 saturated carbocycles. The number of halogens is 6. The monoisotopic (exact) mass is 308 g/mol. The third-order valence-electron chi connectivity index (χ3n) is 2.75. The Morgan fingerprint density at radius 3 is 1.94 bits per heavy atom. The van der Waals surface area contributed by atoms with Crippen LogP contribution in [0.15, 0.2) is 23.3 Å². The van der Waals surface area contributed by atoms with E-state index < -0.39 is 34.3 Å². The largest absolute Gasteiger partial charge is 0.416 e. The van der Waals surface area contributed by atoms with E-state index in [-0.39, 0.29) is 11.6 Å². The van der Waals surface area contributed by atoms with Crippen LogP contribution in [0.1, 0.15) is 6.92 Å². The number of thiol groups is 2. The smallest absolute Gasteiger partial charge is 0.170 e. The molecule has 0 fully saturated rings. The number of alkyl halides is 6. The molecule has 0 nitrogen and oxygen atoms in total. The molecule has 0 N–H and O–H groups in total. The van der Waals surface area contributed by atoms with E-state index in [4.69, 9.17) is 0 Å². The van der Waals surface area contributed by atoms with Gasteiger partial charge in [-0.2, -0.15) is 51.6 Å². The average Bonchev–Trinajstić information content (AvgIpc) is 2.13. The molecule has 0 heterocycles. The summed E-state index contributed by atoms with van der Waals surface area (Å²) < 4.78 is 74.8. The van der Waals surface area contributed by atoms with E-state index in [1.165, 1.54) is 6.92 Å². The van der Waals surface area contributed by atoms with Crippen LogP contribution in [0.25, 0.3) is 0 Å². The molecule has 0 aromatic carbocycles. The summed E-state index contributed by atoms with van der Waals surface area (Å²) in [5, 5.41) is 0. The van der Waals surface area contributed by atoms with Gasteiger partial charge in [-0.15, -0.1) is 0 Å². The minimum Gasteiger partial charge on any atom is -0.170 e. The first-order valence-corrected chi connectivity index (χ1v) is 5.91. The van der Waals surface area contributed by atoms with Crippen LogP contribution in [0.2, 0.25) is 0 Å². The van der Waals surface area contributed by atoms with Crippen molar-refractivity contribution in [2.75, 3.05) is 0 Å². The second-order valence-electron chi connectivity index (χ2n) is 3.99. The van der Waals surface area contributed by atoms with Crippen LogP contribution < -0.4 is 0 Å². The van der Waals surface area contributed by atoms with Gasteiger partial charge in [0.25, 0.3) is 0 Å². The molecule has 0 aromatic rings. The van der Waals surface area contributed by atoms with Gasteiger partial charge in [0.1, 0.15) is 0 Å². The van der Waals surface area contributed by atoms with Crippen LogP contribution in [-0.4, -0.2) is 16.9 Å². The zero-order valence-electron chi connectivity index (χ0n) is 9.05. The van der Waals surface area contributed by atoms with Gasteiger partial charge in [-0.05, 0) is 17.6 Å². The lowest BCUT2D eigenvalue weighted by atomic mass is 9.81. The third kappa shape index (κ3) is 3.40. The maximum Gasteiger partial charge on any atom is 0.416 e. The van der Waals surface area contributed by atoms with E-state index in [0.717, 1.165) is 0 Å². The Morgan fingerprint density at radius 2 is 1.61 bits per heavy atom. The molecule has 0 radical (unpaired) electrons. The Bertz CT molecular complexity index is 377. The fourth-order valence-electron chi connectivity index (χ4n) is 1.77. The highest BCUT2D eigenvalue weighted by atomic mass is 32.2. The highest BCUT2D eigenvalue weighted by Crippen LogP contribution is 2.45. The molecular weight excluding hydrogens is 298 g/mol. The maximum atomic E-state index is 12.7. The van der Waals surface area contributed by atoms with Crippen LogP contribution in [-0.2, 0) is 0 Å². The summed E-state index contributed by atoms with van der Waals surface area (Å²) in [5.41, 5.74) is -1.38. The zero-order chi connectivity index (χ0) is 14.3. The number of hydrogen-bond acceptors (Lipinski definition) is 2. The normalized spacial score (nSPS) is 26.1. The first kappa shape index (κ1) is 15.8. The summed E-state index contributed by atoms with van der Waals surface area (Å²) in [5.74, 6) is -3.29. The Hall–Kier alpha value is -0.240. The molecule has 0 aliphatic heterocycles. The van der Waals surface area contributed by atoms with Gasteiger partial charge in [0.2, 0.25) is 0 Å². The molecule has 2 atom stereocenters. The Kier molecular flexibility index (Phi) is 4.42. The van der Waals surface area contributed by atoms with Crippen molar-refractivity contribution in [1.29, 1.82) is 0 Å². The van der Waals surface area contributed by atoms with Crippen LogP contribution in [0, 0.1) is 11.8 Å². The van der Waals surface area contributed by atoms with Gasteiger partial charge in [-0.25, -0.2) is 0 Å². The number of hydrogen-bond donors (Lipinski definition) is 2. The first-order chi connectivity index (χ1) is 7.94. The van der Waals surface area contributed by atoms with Crippen molar-refractivity contribution in [3.05, 3.63) is 23.3 Å². The lowest BCUT2D eigenvalue weighted by molar-refractivity contribution is -0.171. The molecule has 0 amide bonds. The van der Waals surface area contributed by atoms with E-state index in [2.05, 4.69) is 25.3 Å². The SMILES string of the molecule is CC1C(C(S)S)=CC(C(F)(F)F)=CC1C(F)(F)F. The van der Waals surface area contributed by atoms with E-state index in [9.17, 15) is 26.3 Å². The van der Waals surface area contributed by atoms with Crippen molar-refractivity contribution < 1.29 is 26.3 Å². The molecule has 2 unspecified atom stereocenters.